The van der Waals surface area contributed by atoms with Crippen LogP contribution in [0.5, 0.6) is 11.5 Å². The molecule has 0 atom stereocenters. The van der Waals surface area contributed by atoms with Gasteiger partial charge in [0.25, 0.3) is 0 Å². The summed E-state index contributed by atoms with van der Waals surface area (Å²) >= 11 is 0. The molecule has 0 spiro atoms. The summed E-state index contributed by atoms with van der Waals surface area (Å²) in [5.74, 6) is 2.32. The minimum absolute atomic E-state index is 0.709. The van der Waals surface area contributed by atoms with E-state index < -0.39 is 0 Å². The zero-order valence-corrected chi connectivity index (χ0v) is 23.1. The van der Waals surface area contributed by atoms with Gasteiger partial charge >= 0.3 is 0 Å². The van der Waals surface area contributed by atoms with E-state index in [0.29, 0.717) is 11.5 Å². The summed E-state index contributed by atoms with van der Waals surface area (Å²) in [4.78, 5) is 5.28. The number of aromatic nitrogens is 2. The van der Waals surface area contributed by atoms with Crippen LogP contribution in [0.25, 0.3) is 51.7 Å². The molecular weight excluding hydrogens is 504 g/mol. The van der Waals surface area contributed by atoms with E-state index in [0.717, 1.165) is 50.7 Å². The summed E-state index contributed by atoms with van der Waals surface area (Å²) in [6.07, 6.45) is 4.17. The first kappa shape index (κ1) is 25.9. The Morgan fingerprint density at radius 3 is 1.73 bits per heavy atom. The van der Waals surface area contributed by atoms with Crippen LogP contribution in [0.3, 0.4) is 0 Å². The summed E-state index contributed by atoms with van der Waals surface area (Å²) in [6.45, 7) is 0. The SMILES string of the molecule is COc1ccc(/C=C/c2ccc(-c3nc(-c4ccccc4)c(-c4ccccc4)n3-c3ccccc3)cc2)cc1OC. The molecule has 0 saturated heterocycles. The predicted octanol–water partition coefficient (Wildman–Crippen LogP) is 9.06. The Hall–Kier alpha value is -5.35. The molecule has 0 N–H and O–H groups in total. The molecule has 6 rings (SSSR count). The number of para-hydroxylation sites is 1. The summed E-state index contributed by atoms with van der Waals surface area (Å²) in [6, 6.07) is 45.8. The molecule has 5 aromatic carbocycles. The molecule has 0 unspecified atom stereocenters. The first-order chi connectivity index (χ1) is 20.2. The van der Waals surface area contributed by atoms with Crippen LogP contribution in [0.2, 0.25) is 0 Å². The van der Waals surface area contributed by atoms with E-state index in [9.17, 15) is 0 Å². The van der Waals surface area contributed by atoms with E-state index in [1.54, 1.807) is 14.2 Å². The van der Waals surface area contributed by atoms with E-state index in [-0.39, 0.29) is 0 Å². The van der Waals surface area contributed by atoms with E-state index in [1.165, 1.54) is 0 Å². The number of hydrogen-bond donors (Lipinski definition) is 0. The third-order valence-corrected chi connectivity index (χ3v) is 7.03. The van der Waals surface area contributed by atoms with Crippen molar-refractivity contribution in [1.29, 1.82) is 0 Å². The summed E-state index contributed by atoms with van der Waals surface area (Å²) in [7, 11) is 3.29. The largest absolute Gasteiger partial charge is 0.493 e. The summed E-state index contributed by atoms with van der Waals surface area (Å²) in [5.41, 5.74) is 8.44. The minimum Gasteiger partial charge on any atom is -0.493 e. The highest BCUT2D eigenvalue weighted by Gasteiger charge is 2.22. The Labute approximate surface area is 240 Å². The number of imidazole rings is 1. The van der Waals surface area contributed by atoms with Crippen molar-refractivity contribution in [2.24, 2.45) is 0 Å². The summed E-state index contributed by atoms with van der Waals surface area (Å²) < 4.78 is 13.1. The molecule has 1 aromatic heterocycles. The van der Waals surface area contributed by atoms with Crippen molar-refractivity contribution in [1.82, 2.24) is 9.55 Å². The van der Waals surface area contributed by atoms with Gasteiger partial charge in [0.2, 0.25) is 0 Å². The topological polar surface area (TPSA) is 36.3 Å². The molecule has 0 aliphatic rings. The van der Waals surface area contributed by atoms with Gasteiger partial charge in [-0.15, -0.1) is 0 Å². The maximum Gasteiger partial charge on any atom is 0.161 e. The fourth-order valence-electron chi connectivity index (χ4n) is 4.99. The standard InChI is InChI=1S/C37H30N2O2/c1-40-33-25-22-28(26-34(33)41-2)19-18-27-20-23-31(24-21-27)37-38-35(29-12-6-3-7-13-29)36(30-14-8-4-9-15-30)39(37)32-16-10-5-11-17-32/h3-26H,1-2H3/b19-18+. The molecule has 0 fully saturated rings. The lowest BCUT2D eigenvalue weighted by Crippen LogP contribution is -2.00. The first-order valence-corrected chi connectivity index (χ1v) is 13.5. The van der Waals surface area contributed by atoms with Crippen LogP contribution in [0.1, 0.15) is 11.1 Å². The van der Waals surface area contributed by atoms with Gasteiger partial charge in [0.05, 0.1) is 25.6 Å². The van der Waals surface area contributed by atoms with E-state index in [4.69, 9.17) is 14.5 Å². The van der Waals surface area contributed by atoms with Crippen LogP contribution >= 0.6 is 0 Å². The number of nitrogens with zero attached hydrogens (tertiary/aromatic N) is 2. The number of benzene rings is 5. The van der Waals surface area contributed by atoms with Gasteiger partial charge in [-0.1, -0.05) is 121 Å². The van der Waals surface area contributed by atoms with Crippen LogP contribution in [-0.2, 0) is 0 Å². The van der Waals surface area contributed by atoms with Gasteiger partial charge in [-0.05, 0) is 35.4 Å². The van der Waals surface area contributed by atoms with Gasteiger partial charge < -0.3 is 9.47 Å². The second-order valence-electron chi connectivity index (χ2n) is 9.61. The number of ether oxygens (including phenoxy) is 2. The molecule has 200 valence electrons. The normalized spacial score (nSPS) is 11.1. The Morgan fingerprint density at radius 1 is 0.537 bits per heavy atom. The van der Waals surface area contributed by atoms with Crippen molar-refractivity contribution in [3.63, 3.8) is 0 Å². The predicted molar refractivity (Wildman–Crippen MR) is 168 cm³/mol. The second-order valence-corrected chi connectivity index (χ2v) is 9.61. The van der Waals surface area contributed by atoms with Crippen molar-refractivity contribution >= 4 is 12.2 Å². The van der Waals surface area contributed by atoms with Crippen molar-refractivity contribution in [2.75, 3.05) is 14.2 Å². The smallest absolute Gasteiger partial charge is 0.161 e. The highest BCUT2D eigenvalue weighted by atomic mass is 16.5. The van der Waals surface area contributed by atoms with Crippen LogP contribution in [0, 0.1) is 0 Å². The highest BCUT2D eigenvalue weighted by molar-refractivity contribution is 5.84. The quantitative estimate of drug-likeness (QED) is 0.183. The zero-order chi connectivity index (χ0) is 28.0. The van der Waals surface area contributed by atoms with Crippen LogP contribution in [0.15, 0.2) is 133 Å². The van der Waals surface area contributed by atoms with Gasteiger partial charge in [-0.25, -0.2) is 4.98 Å². The van der Waals surface area contributed by atoms with Crippen molar-refractivity contribution < 1.29 is 9.47 Å². The van der Waals surface area contributed by atoms with Crippen LogP contribution in [-0.4, -0.2) is 23.8 Å². The average molecular weight is 535 g/mol. The second kappa shape index (κ2) is 11.8. The molecule has 0 aliphatic carbocycles. The monoisotopic (exact) mass is 534 g/mol. The van der Waals surface area contributed by atoms with Crippen LogP contribution < -0.4 is 9.47 Å². The van der Waals surface area contributed by atoms with E-state index in [1.807, 2.05) is 36.4 Å². The fourth-order valence-corrected chi connectivity index (χ4v) is 4.99. The molecule has 41 heavy (non-hydrogen) atoms. The molecule has 6 aromatic rings. The average Bonchev–Trinajstić information content (AvgIpc) is 3.46. The van der Waals surface area contributed by atoms with Gasteiger partial charge in [0.15, 0.2) is 11.5 Å². The third-order valence-electron chi connectivity index (χ3n) is 7.03. The molecular formula is C37H30N2O2. The van der Waals surface area contributed by atoms with E-state index in [2.05, 4.69) is 114 Å². The lowest BCUT2D eigenvalue weighted by molar-refractivity contribution is 0.355. The Balaban J connectivity index is 1.44. The summed E-state index contributed by atoms with van der Waals surface area (Å²) in [5, 5.41) is 0. The Kier molecular flexibility index (Phi) is 7.46. The number of rotatable bonds is 8. The lowest BCUT2D eigenvalue weighted by Gasteiger charge is -2.14. The van der Waals surface area contributed by atoms with Crippen LogP contribution in [0.4, 0.5) is 0 Å². The van der Waals surface area contributed by atoms with Crippen molar-refractivity contribution in [2.45, 2.75) is 0 Å². The molecule has 0 bridgehead atoms. The number of methoxy groups -OCH3 is 2. The zero-order valence-electron chi connectivity index (χ0n) is 23.1. The highest BCUT2D eigenvalue weighted by Crippen LogP contribution is 2.38. The maximum atomic E-state index is 5.45. The van der Waals surface area contributed by atoms with Gasteiger partial charge in [0.1, 0.15) is 5.82 Å². The minimum atomic E-state index is 0.709. The van der Waals surface area contributed by atoms with E-state index >= 15 is 0 Å². The lowest BCUT2D eigenvalue weighted by atomic mass is 10.0. The fraction of sp³-hybridized carbons (Fsp3) is 0.0541. The van der Waals surface area contributed by atoms with Gasteiger partial charge in [0, 0.05) is 22.4 Å². The molecule has 0 saturated carbocycles. The molecule has 0 radical (unpaired) electrons. The maximum absolute atomic E-state index is 5.45. The van der Waals surface area contributed by atoms with Gasteiger partial charge in [-0.3, -0.25) is 4.57 Å². The molecule has 4 heteroatoms. The molecule has 0 amide bonds. The molecule has 4 nitrogen and oxygen atoms in total. The van der Waals surface area contributed by atoms with Crippen molar-refractivity contribution in [3.05, 3.63) is 145 Å². The third kappa shape index (κ3) is 5.41. The van der Waals surface area contributed by atoms with Gasteiger partial charge in [-0.2, -0.15) is 0 Å². The first-order valence-electron chi connectivity index (χ1n) is 13.5. The number of hydrogen-bond acceptors (Lipinski definition) is 3. The van der Waals surface area contributed by atoms with Crippen molar-refractivity contribution in [3.8, 4) is 51.1 Å². The Morgan fingerprint density at radius 2 is 1.10 bits per heavy atom. The molecule has 1 heterocycles. The molecule has 0 aliphatic heterocycles. The Bertz CT molecular complexity index is 1770.